The van der Waals surface area contributed by atoms with Gasteiger partial charge < -0.3 is 15.3 Å². The predicted octanol–water partition coefficient (Wildman–Crippen LogP) is 3.32. The summed E-state index contributed by atoms with van der Waals surface area (Å²) in [6.45, 7) is 5.92. The number of aromatic nitrogens is 4. The first kappa shape index (κ1) is 22.6. The van der Waals surface area contributed by atoms with E-state index in [1.54, 1.807) is 12.4 Å². The fraction of sp³-hybridized carbons (Fsp3) is 0.667. The molecule has 2 aliphatic carbocycles. The minimum absolute atomic E-state index is 0.0547. The van der Waals surface area contributed by atoms with Gasteiger partial charge in [0.2, 0.25) is 5.95 Å². The third-order valence-electron chi connectivity index (χ3n) is 8.24. The SMILES string of the molecule is CC1(C)Cc2nc(N3CC4CC(c5ncc(Cl)cn5)CC4C3)nc(NC3(CO)CCC3)c2[S@@]1=O. The van der Waals surface area contributed by atoms with Crippen LogP contribution in [0.4, 0.5) is 11.8 Å². The summed E-state index contributed by atoms with van der Waals surface area (Å²) in [6.07, 6.45) is 9.03. The van der Waals surface area contributed by atoms with Gasteiger partial charge in [0.15, 0.2) is 0 Å². The maximum Gasteiger partial charge on any atom is 0.227 e. The van der Waals surface area contributed by atoms with Crippen LogP contribution in [0.3, 0.4) is 0 Å². The predicted molar refractivity (Wildman–Crippen MR) is 132 cm³/mol. The Labute approximate surface area is 207 Å². The van der Waals surface area contributed by atoms with Crippen LogP contribution < -0.4 is 10.2 Å². The van der Waals surface area contributed by atoms with Crippen molar-refractivity contribution >= 4 is 34.2 Å². The van der Waals surface area contributed by atoms with Gasteiger partial charge in [-0.2, -0.15) is 4.98 Å². The molecule has 2 saturated carbocycles. The number of hydrogen-bond acceptors (Lipinski definition) is 8. The maximum atomic E-state index is 13.3. The zero-order valence-corrected chi connectivity index (χ0v) is 21.2. The highest BCUT2D eigenvalue weighted by molar-refractivity contribution is 7.87. The first-order chi connectivity index (χ1) is 16.3. The number of hydrogen-bond donors (Lipinski definition) is 2. The quantitative estimate of drug-likeness (QED) is 0.641. The van der Waals surface area contributed by atoms with Gasteiger partial charge in [-0.25, -0.2) is 15.0 Å². The van der Waals surface area contributed by atoms with Crippen LogP contribution in [0, 0.1) is 11.8 Å². The fourth-order valence-corrected chi connectivity index (χ4v) is 7.68. The molecule has 0 spiro atoms. The van der Waals surface area contributed by atoms with Crippen molar-refractivity contribution in [2.75, 3.05) is 29.9 Å². The number of nitrogens with zero attached hydrogens (tertiary/aromatic N) is 5. The summed E-state index contributed by atoms with van der Waals surface area (Å²) < 4.78 is 12.9. The molecule has 4 aliphatic rings. The monoisotopic (exact) mass is 502 g/mol. The standard InChI is InChI=1S/C24H31ClN6O2S/c1-23(2)8-18-19(34(23)33)21(30-24(13-32)4-3-5-24)29-22(28-18)31-11-15-6-14(7-16(15)12-31)20-26-9-17(25)10-27-20/h9-10,14-16,32H,3-8,11-13H2,1-2H3,(H,28,29,30)/t14?,15?,16?,34-/m0/s1. The zero-order chi connectivity index (χ0) is 23.7. The lowest BCUT2D eigenvalue weighted by Crippen LogP contribution is -2.48. The van der Waals surface area contributed by atoms with E-state index in [0.717, 1.165) is 67.6 Å². The first-order valence-electron chi connectivity index (χ1n) is 12.2. The van der Waals surface area contributed by atoms with Crippen LogP contribution in [0.15, 0.2) is 17.3 Å². The van der Waals surface area contributed by atoms with E-state index < -0.39 is 10.8 Å². The van der Waals surface area contributed by atoms with Crippen LogP contribution >= 0.6 is 11.6 Å². The summed E-state index contributed by atoms with van der Waals surface area (Å²) in [6, 6.07) is 0. The van der Waals surface area contributed by atoms with Crippen molar-refractivity contribution in [3.05, 3.63) is 28.9 Å². The summed E-state index contributed by atoms with van der Waals surface area (Å²) in [4.78, 5) is 21.8. The minimum Gasteiger partial charge on any atom is -0.394 e. The van der Waals surface area contributed by atoms with Gasteiger partial charge in [0.1, 0.15) is 16.5 Å². The van der Waals surface area contributed by atoms with Crippen LogP contribution in [0.1, 0.15) is 63.4 Å². The Kier molecular flexibility index (Phi) is 5.39. The van der Waals surface area contributed by atoms with Crippen molar-refractivity contribution in [1.82, 2.24) is 19.9 Å². The molecule has 0 bridgehead atoms. The number of aliphatic hydroxyl groups is 1. The van der Waals surface area contributed by atoms with Gasteiger partial charge in [0, 0.05) is 37.8 Å². The largest absolute Gasteiger partial charge is 0.394 e. The number of aliphatic hydroxyl groups excluding tert-OH is 1. The van der Waals surface area contributed by atoms with Crippen LogP contribution in [0.5, 0.6) is 0 Å². The van der Waals surface area contributed by atoms with Gasteiger partial charge in [0.05, 0.1) is 38.4 Å². The Morgan fingerprint density at radius 2 is 1.85 bits per heavy atom. The molecular formula is C24H31ClN6O2S. The molecule has 0 radical (unpaired) electrons. The Hall–Kier alpha value is -1.84. The van der Waals surface area contributed by atoms with Crippen molar-refractivity contribution in [3.63, 3.8) is 0 Å². The van der Waals surface area contributed by atoms with E-state index in [1.807, 2.05) is 13.8 Å². The molecule has 6 rings (SSSR count). The number of halogens is 1. The number of rotatable bonds is 5. The molecule has 0 amide bonds. The molecule has 2 aliphatic heterocycles. The van der Waals surface area contributed by atoms with Gasteiger partial charge >= 0.3 is 0 Å². The first-order valence-corrected chi connectivity index (χ1v) is 13.7. The molecule has 1 saturated heterocycles. The Bertz CT molecular complexity index is 1120. The van der Waals surface area contributed by atoms with E-state index in [2.05, 4.69) is 20.2 Å². The van der Waals surface area contributed by atoms with Crippen LogP contribution in [-0.4, -0.2) is 59.2 Å². The average molecular weight is 503 g/mol. The number of fused-ring (bicyclic) bond motifs is 2. The van der Waals surface area contributed by atoms with E-state index in [-0.39, 0.29) is 16.9 Å². The number of nitrogens with one attached hydrogen (secondary N) is 1. The van der Waals surface area contributed by atoms with Crippen molar-refractivity contribution in [2.24, 2.45) is 11.8 Å². The van der Waals surface area contributed by atoms with Crippen molar-refractivity contribution in [2.45, 2.75) is 73.5 Å². The molecule has 8 nitrogen and oxygen atoms in total. The second kappa shape index (κ2) is 8.10. The van der Waals surface area contributed by atoms with Gasteiger partial charge in [-0.3, -0.25) is 4.21 Å². The molecule has 2 N–H and O–H groups in total. The average Bonchev–Trinajstić information content (AvgIpc) is 3.41. The molecule has 2 aromatic rings. The third-order valence-corrected chi connectivity index (χ3v) is 10.4. The molecule has 4 heterocycles. The van der Waals surface area contributed by atoms with Crippen molar-refractivity contribution < 1.29 is 9.32 Å². The summed E-state index contributed by atoms with van der Waals surface area (Å²) in [7, 11) is -1.19. The number of anilines is 2. The molecule has 3 atom stereocenters. The highest BCUT2D eigenvalue weighted by Crippen LogP contribution is 2.47. The second-order valence-electron chi connectivity index (χ2n) is 11.1. The molecule has 2 aromatic heterocycles. The summed E-state index contributed by atoms with van der Waals surface area (Å²) in [5.74, 6) is 3.75. The smallest absolute Gasteiger partial charge is 0.227 e. The molecule has 34 heavy (non-hydrogen) atoms. The normalized spacial score (nSPS) is 30.6. The Morgan fingerprint density at radius 1 is 1.18 bits per heavy atom. The highest BCUT2D eigenvalue weighted by Gasteiger charge is 2.46. The van der Waals surface area contributed by atoms with E-state index in [4.69, 9.17) is 21.6 Å². The molecule has 182 valence electrons. The topological polar surface area (TPSA) is 104 Å². The fourth-order valence-electron chi connectivity index (χ4n) is 6.15. The van der Waals surface area contributed by atoms with Crippen LogP contribution in [0.2, 0.25) is 5.02 Å². The van der Waals surface area contributed by atoms with Crippen LogP contribution in [0.25, 0.3) is 0 Å². The van der Waals surface area contributed by atoms with E-state index in [1.165, 1.54) is 0 Å². The lowest BCUT2D eigenvalue weighted by atomic mass is 9.77. The van der Waals surface area contributed by atoms with E-state index in [9.17, 15) is 9.32 Å². The van der Waals surface area contributed by atoms with E-state index >= 15 is 0 Å². The molecule has 3 fully saturated rings. The van der Waals surface area contributed by atoms with Gasteiger partial charge in [-0.05, 0) is 57.8 Å². The molecule has 0 aromatic carbocycles. The zero-order valence-electron chi connectivity index (χ0n) is 19.6. The van der Waals surface area contributed by atoms with Crippen molar-refractivity contribution in [1.29, 1.82) is 0 Å². The summed E-state index contributed by atoms with van der Waals surface area (Å²) in [5.41, 5.74) is 0.525. The van der Waals surface area contributed by atoms with E-state index in [0.29, 0.717) is 35.0 Å². The summed E-state index contributed by atoms with van der Waals surface area (Å²) >= 11 is 5.96. The maximum absolute atomic E-state index is 13.3. The Balaban J connectivity index is 1.25. The van der Waals surface area contributed by atoms with Gasteiger partial charge in [0.25, 0.3) is 0 Å². The lowest BCUT2D eigenvalue weighted by molar-refractivity contribution is 0.143. The second-order valence-corrected chi connectivity index (χ2v) is 13.6. The molecule has 2 unspecified atom stereocenters. The van der Waals surface area contributed by atoms with Crippen molar-refractivity contribution in [3.8, 4) is 0 Å². The molecular weight excluding hydrogens is 472 g/mol. The van der Waals surface area contributed by atoms with Gasteiger partial charge in [-0.1, -0.05) is 11.6 Å². The Morgan fingerprint density at radius 3 is 2.44 bits per heavy atom. The summed E-state index contributed by atoms with van der Waals surface area (Å²) in [5, 5.41) is 14.1. The lowest BCUT2D eigenvalue weighted by Gasteiger charge is -2.41. The third kappa shape index (κ3) is 3.71. The van der Waals surface area contributed by atoms with Crippen LogP contribution in [-0.2, 0) is 17.2 Å². The minimum atomic E-state index is -1.19. The highest BCUT2D eigenvalue weighted by atomic mass is 35.5. The molecule has 10 heteroatoms. The van der Waals surface area contributed by atoms with Gasteiger partial charge in [-0.15, -0.1) is 0 Å².